The fourth-order valence-corrected chi connectivity index (χ4v) is 4.12. The normalized spacial score (nSPS) is 16.1. The van der Waals surface area contributed by atoms with Crippen LogP contribution in [0.3, 0.4) is 0 Å². The van der Waals surface area contributed by atoms with Crippen molar-refractivity contribution in [3.05, 3.63) is 64.3 Å². The number of aliphatic imine (C=N–C) groups is 1. The summed E-state index contributed by atoms with van der Waals surface area (Å²) in [6.45, 7) is 2.40. The van der Waals surface area contributed by atoms with Crippen molar-refractivity contribution in [2.75, 3.05) is 17.2 Å². The first-order valence-corrected chi connectivity index (χ1v) is 11.8. The highest BCUT2D eigenvalue weighted by molar-refractivity contribution is 7.09. The molecule has 9 nitrogen and oxygen atoms in total. The van der Waals surface area contributed by atoms with Gasteiger partial charge in [0, 0.05) is 28.3 Å². The topological polar surface area (TPSA) is 114 Å². The van der Waals surface area contributed by atoms with E-state index in [4.69, 9.17) is 21.1 Å². The van der Waals surface area contributed by atoms with Gasteiger partial charge in [-0.2, -0.15) is 0 Å². The third kappa shape index (κ3) is 5.04. The van der Waals surface area contributed by atoms with Crippen LogP contribution in [0.15, 0.2) is 59.3 Å². The first-order chi connectivity index (χ1) is 16.5. The Bertz CT molecular complexity index is 1330. The van der Waals surface area contributed by atoms with Crippen molar-refractivity contribution in [2.45, 2.75) is 25.7 Å². The Labute approximate surface area is 204 Å². The van der Waals surface area contributed by atoms with Crippen LogP contribution in [-0.2, 0) is 11.3 Å². The highest BCUT2D eigenvalue weighted by Crippen LogP contribution is 2.31. The lowest BCUT2D eigenvalue weighted by Crippen LogP contribution is -2.21. The number of rotatable bonds is 7. The van der Waals surface area contributed by atoms with Gasteiger partial charge in [-0.25, -0.2) is 19.9 Å². The molecule has 2 atom stereocenters. The van der Waals surface area contributed by atoms with Gasteiger partial charge in [-0.1, -0.05) is 11.6 Å². The first-order valence-electron chi connectivity index (χ1n) is 10.5. The number of aliphatic hydroxyl groups excluding tert-OH is 1. The van der Waals surface area contributed by atoms with E-state index in [1.54, 1.807) is 19.2 Å². The van der Waals surface area contributed by atoms with Crippen molar-refractivity contribution >= 4 is 57.1 Å². The van der Waals surface area contributed by atoms with Gasteiger partial charge in [-0.05, 0) is 43.3 Å². The summed E-state index contributed by atoms with van der Waals surface area (Å²) in [5.41, 5.74) is 2.29. The van der Waals surface area contributed by atoms with Crippen LogP contribution in [0.4, 0.5) is 17.2 Å². The number of halogens is 1. The molecule has 0 amide bonds. The molecule has 3 heterocycles. The first kappa shape index (κ1) is 22.3. The van der Waals surface area contributed by atoms with Crippen LogP contribution < -0.4 is 15.4 Å². The van der Waals surface area contributed by atoms with E-state index < -0.39 is 6.10 Å². The lowest BCUT2D eigenvalue weighted by Gasteiger charge is -2.12. The third-order valence-electron chi connectivity index (χ3n) is 5.15. The molecule has 4 aromatic rings. The summed E-state index contributed by atoms with van der Waals surface area (Å²) in [5.74, 6) is 1.20. The molecule has 34 heavy (non-hydrogen) atoms. The third-order valence-corrected chi connectivity index (χ3v) is 6.20. The minimum Gasteiger partial charge on any atom is -0.485 e. The van der Waals surface area contributed by atoms with Crippen LogP contribution in [0.2, 0.25) is 5.02 Å². The van der Waals surface area contributed by atoms with E-state index in [0.29, 0.717) is 35.8 Å². The number of fused-ring (bicyclic) bond motifs is 1. The van der Waals surface area contributed by atoms with Crippen LogP contribution in [-0.4, -0.2) is 44.8 Å². The zero-order valence-corrected chi connectivity index (χ0v) is 19.7. The average molecular weight is 497 g/mol. The molecular weight excluding hydrogens is 476 g/mol. The quantitative estimate of drug-likeness (QED) is 0.340. The lowest BCUT2D eigenvalue weighted by molar-refractivity contribution is 0.145. The maximum absolute atomic E-state index is 9.70. The second-order valence-electron chi connectivity index (χ2n) is 7.62. The van der Waals surface area contributed by atoms with Gasteiger partial charge >= 0.3 is 0 Å². The molecule has 0 unspecified atom stereocenters. The number of hydrogen-bond donors (Lipinski definition) is 3. The summed E-state index contributed by atoms with van der Waals surface area (Å²) in [5, 5.41) is 20.2. The molecule has 0 saturated heterocycles. The Balaban J connectivity index is 1.33. The predicted molar refractivity (Wildman–Crippen MR) is 133 cm³/mol. The summed E-state index contributed by atoms with van der Waals surface area (Å²) in [4.78, 5) is 17.3. The highest BCUT2D eigenvalue weighted by Gasteiger charge is 2.23. The smallest absolute Gasteiger partial charge is 0.289 e. The predicted octanol–water partition coefficient (Wildman–Crippen LogP) is 4.61. The number of aromatic nitrogens is 3. The molecule has 0 saturated carbocycles. The minimum absolute atomic E-state index is 0.276. The standard InChI is InChI=1S/C23H21ClN6O3S/c1-13(31)19-10-33-23(30-19)29-14-2-4-18-16(8-14)22(27-12-26-18)28-15-3-5-20(17(24)9-15)32-11-21-25-6-7-34-21/h2-9,12-13,19,31H,10-11H2,1H3,(H,29,30)(H,26,27,28)/t13-,19-/m1/s1. The number of amidine groups is 1. The average Bonchev–Trinajstić information content (AvgIpc) is 3.51. The maximum Gasteiger partial charge on any atom is 0.289 e. The zero-order chi connectivity index (χ0) is 23.5. The maximum atomic E-state index is 9.70. The van der Waals surface area contributed by atoms with Gasteiger partial charge in [-0.15, -0.1) is 11.3 Å². The number of ether oxygens (including phenoxy) is 2. The van der Waals surface area contributed by atoms with Gasteiger partial charge in [0.2, 0.25) is 0 Å². The zero-order valence-electron chi connectivity index (χ0n) is 18.1. The Hall–Kier alpha value is -3.47. The van der Waals surface area contributed by atoms with Crippen molar-refractivity contribution in [3.63, 3.8) is 0 Å². The van der Waals surface area contributed by atoms with Gasteiger partial charge < -0.3 is 25.2 Å². The van der Waals surface area contributed by atoms with E-state index in [1.807, 2.05) is 35.7 Å². The van der Waals surface area contributed by atoms with E-state index >= 15 is 0 Å². The highest BCUT2D eigenvalue weighted by atomic mass is 35.5. The largest absolute Gasteiger partial charge is 0.485 e. The number of benzene rings is 2. The molecule has 1 aliphatic heterocycles. The number of aliphatic hydroxyl groups is 1. The summed E-state index contributed by atoms with van der Waals surface area (Å²) in [7, 11) is 0. The summed E-state index contributed by atoms with van der Waals surface area (Å²) in [6.07, 6.45) is 2.67. The summed E-state index contributed by atoms with van der Waals surface area (Å²) < 4.78 is 11.3. The second kappa shape index (κ2) is 9.80. The molecule has 0 fully saturated rings. The molecule has 5 rings (SSSR count). The van der Waals surface area contributed by atoms with E-state index in [9.17, 15) is 5.11 Å². The molecule has 2 aromatic carbocycles. The number of nitrogens with zero attached hydrogens (tertiary/aromatic N) is 4. The second-order valence-corrected chi connectivity index (χ2v) is 9.00. The van der Waals surface area contributed by atoms with E-state index in [1.165, 1.54) is 17.7 Å². The van der Waals surface area contributed by atoms with Gasteiger partial charge in [0.15, 0.2) is 0 Å². The Kier molecular flexibility index (Phi) is 6.43. The van der Waals surface area contributed by atoms with E-state index in [2.05, 4.69) is 30.6 Å². The summed E-state index contributed by atoms with van der Waals surface area (Å²) >= 11 is 7.97. The number of thiazole rings is 1. The van der Waals surface area contributed by atoms with Crippen molar-refractivity contribution in [1.29, 1.82) is 0 Å². The van der Waals surface area contributed by atoms with Crippen LogP contribution in [0.5, 0.6) is 5.75 Å². The van der Waals surface area contributed by atoms with Gasteiger partial charge in [-0.3, -0.25) is 0 Å². The van der Waals surface area contributed by atoms with Crippen molar-refractivity contribution in [2.24, 2.45) is 4.99 Å². The van der Waals surface area contributed by atoms with Crippen LogP contribution in [0, 0.1) is 0 Å². The van der Waals surface area contributed by atoms with Crippen molar-refractivity contribution < 1.29 is 14.6 Å². The summed E-state index contributed by atoms with van der Waals surface area (Å²) in [6, 6.07) is 11.2. The number of nitrogens with one attached hydrogen (secondary N) is 2. The molecule has 11 heteroatoms. The monoisotopic (exact) mass is 496 g/mol. The Morgan fingerprint density at radius 1 is 1.18 bits per heavy atom. The van der Waals surface area contributed by atoms with Crippen LogP contribution >= 0.6 is 22.9 Å². The molecule has 3 N–H and O–H groups in total. The molecule has 0 aliphatic carbocycles. The number of anilines is 3. The molecule has 0 radical (unpaired) electrons. The van der Waals surface area contributed by atoms with E-state index in [0.717, 1.165) is 27.3 Å². The molecule has 0 bridgehead atoms. The fourth-order valence-electron chi connectivity index (χ4n) is 3.36. The van der Waals surface area contributed by atoms with Crippen molar-refractivity contribution in [3.8, 4) is 5.75 Å². The van der Waals surface area contributed by atoms with Gasteiger partial charge in [0.05, 0.1) is 16.6 Å². The SMILES string of the molecule is C[C@@H](O)[C@H]1COC(Nc2ccc3ncnc(Nc4ccc(OCc5nccs5)c(Cl)c4)c3c2)=N1. The molecule has 1 aliphatic rings. The fraction of sp³-hybridized carbons (Fsp3) is 0.217. The van der Waals surface area contributed by atoms with Crippen molar-refractivity contribution in [1.82, 2.24) is 15.0 Å². The minimum atomic E-state index is -0.573. The van der Waals surface area contributed by atoms with Gasteiger partial charge in [0.1, 0.15) is 42.2 Å². The molecule has 0 spiro atoms. The lowest BCUT2D eigenvalue weighted by atomic mass is 10.2. The van der Waals surface area contributed by atoms with Gasteiger partial charge in [0.25, 0.3) is 6.02 Å². The Morgan fingerprint density at radius 3 is 2.79 bits per heavy atom. The molecular formula is C23H21ClN6O3S. The van der Waals surface area contributed by atoms with Crippen LogP contribution in [0.25, 0.3) is 10.9 Å². The molecule has 174 valence electrons. The Morgan fingerprint density at radius 2 is 2.03 bits per heavy atom. The van der Waals surface area contributed by atoms with E-state index in [-0.39, 0.29) is 6.04 Å². The van der Waals surface area contributed by atoms with Crippen LogP contribution in [0.1, 0.15) is 11.9 Å². The number of hydrogen-bond acceptors (Lipinski definition) is 10. The molecule has 2 aromatic heterocycles.